The summed E-state index contributed by atoms with van der Waals surface area (Å²) in [4.78, 5) is 17.2. The van der Waals surface area contributed by atoms with Crippen LogP contribution in [0.25, 0.3) is 16.9 Å². The van der Waals surface area contributed by atoms with E-state index >= 15 is 0 Å². The Bertz CT molecular complexity index is 1570. The van der Waals surface area contributed by atoms with Crippen molar-refractivity contribution in [2.45, 2.75) is 39.0 Å². The average molecular weight is 504 g/mol. The van der Waals surface area contributed by atoms with Crippen molar-refractivity contribution >= 4 is 33.1 Å². The van der Waals surface area contributed by atoms with Crippen LogP contribution in [0.4, 0.5) is 11.5 Å². The molecule has 0 aliphatic carbocycles. The van der Waals surface area contributed by atoms with Gasteiger partial charge in [0.15, 0.2) is 11.5 Å². The monoisotopic (exact) mass is 503 g/mol. The van der Waals surface area contributed by atoms with Crippen molar-refractivity contribution < 1.29 is 13.2 Å². The lowest BCUT2D eigenvalue weighted by atomic mass is 9.95. The molecule has 36 heavy (non-hydrogen) atoms. The molecule has 0 atom stereocenters. The van der Waals surface area contributed by atoms with Gasteiger partial charge in [-0.25, -0.2) is 17.9 Å². The standard InChI is InChI=1S/C27H29N5O3S/c1-6-8-19-9-7-10-21(15-19)36(34,35)31-24-13-14-25-28-23(17-32(25)30-24)20-12-11-18(2)22(16-20)29-26(33)27(3,4)5/h6-7,9-17H,1,8H2,2-5H3,(H,29,33)(H,30,31). The maximum absolute atomic E-state index is 12.9. The first-order valence-corrected chi connectivity index (χ1v) is 13.0. The van der Waals surface area contributed by atoms with Crippen LogP contribution in [0.2, 0.25) is 0 Å². The van der Waals surface area contributed by atoms with Crippen LogP contribution in [0, 0.1) is 12.3 Å². The number of anilines is 2. The molecular weight excluding hydrogens is 474 g/mol. The topological polar surface area (TPSA) is 105 Å². The van der Waals surface area contributed by atoms with Gasteiger partial charge in [-0.15, -0.1) is 11.7 Å². The molecule has 4 aromatic rings. The fraction of sp³-hybridized carbons (Fsp3) is 0.222. The van der Waals surface area contributed by atoms with E-state index in [-0.39, 0.29) is 16.6 Å². The molecule has 186 valence electrons. The normalized spacial score (nSPS) is 11.9. The number of carbonyl (C=O) groups excluding carboxylic acids is 1. The van der Waals surface area contributed by atoms with Crippen LogP contribution >= 0.6 is 0 Å². The molecule has 9 heteroatoms. The Morgan fingerprint density at radius 3 is 2.61 bits per heavy atom. The highest BCUT2D eigenvalue weighted by atomic mass is 32.2. The van der Waals surface area contributed by atoms with Crippen molar-refractivity contribution in [1.29, 1.82) is 0 Å². The molecule has 0 aliphatic heterocycles. The maximum Gasteiger partial charge on any atom is 0.263 e. The van der Waals surface area contributed by atoms with Gasteiger partial charge in [0.25, 0.3) is 10.0 Å². The van der Waals surface area contributed by atoms with E-state index in [1.807, 2.05) is 52.0 Å². The number of amides is 1. The third kappa shape index (κ3) is 5.46. The Morgan fingerprint density at radius 1 is 1.11 bits per heavy atom. The van der Waals surface area contributed by atoms with Gasteiger partial charge in [0.1, 0.15) is 0 Å². The number of nitrogens with one attached hydrogen (secondary N) is 2. The minimum absolute atomic E-state index is 0.0774. The zero-order valence-corrected chi connectivity index (χ0v) is 21.6. The Kier molecular flexibility index (Phi) is 6.69. The van der Waals surface area contributed by atoms with Crippen molar-refractivity contribution in [2.75, 3.05) is 10.0 Å². The van der Waals surface area contributed by atoms with Gasteiger partial charge in [-0.05, 0) is 54.8 Å². The van der Waals surface area contributed by atoms with Crippen LogP contribution in [-0.2, 0) is 21.2 Å². The van der Waals surface area contributed by atoms with Crippen LogP contribution in [0.1, 0.15) is 31.9 Å². The number of benzene rings is 2. The summed E-state index contributed by atoms with van der Waals surface area (Å²) in [6.45, 7) is 11.2. The maximum atomic E-state index is 12.9. The lowest BCUT2D eigenvalue weighted by Gasteiger charge is -2.19. The number of allylic oxidation sites excluding steroid dienone is 1. The first kappa shape index (κ1) is 25.1. The molecule has 2 N–H and O–H groups in total. The number of fused-ring (bicyclic) bond motifs is 1. The molecule has 2 aromatic carbocycles. The highest BCUT2D eigenvalue weighted by molar-refractivity contribution is 7.92. The van der Waals surface area contributed by atoms with Gasteiger partial charge in [0.2, 0.25) is 5.91 Å². The molecule has 0 bridgehead atoms. The second-order valence-electron chi connectivity index (χ2n) is 9.63. The summed E-state index contributed by atoms with van der Waals surface area (Å²) in [5.41, 5.74) is 3.99. The summed E-state index contributed by atoms with van der Waals surface area (Å²) in [7, 11) is -3.82. The van der Waals surface area contributed by atoms with Crippen LogP contribution in [0.3, 0.4) is 0 Å². The summed E-state index contributed by atoms with van der Waals surface area (Å²) in [5, 5.41) is 7.37. The Hall–Kier alpha value is -3.98. The van der Waals surface area contributed by atoms with Crippen LogP contribution in [0.15, 0.2) is 78.3 Å². The molecule has 8 nitrogen and oxygen atoms in total. The first-order chi connectivity index (χ1) is 17.0. The predicted octanol–water partition coefficient (Wildman–Crippen LogP) is 5.22. The number of nitrogens with zero attached hydrogens (tertiary/aromatic N) is 3. The molecule has 0 aliphatic rings. The average Bonchev–Trinajstić information content (AvgIpc) is 3.23. The second-order valence-corrected chi connectivity index (χ2v) is 11.3. The molecule has 1 amide bonds. The zero-order valence-electron chi connectivity index (χ0n) is 20.7. The van der Waals surface area contributed by atoms with Crippen molar-refractivity contribution in [3.05, 3.63) is 84.6 Å². The Labute approximate surface area is 211 Å². The zero-order chi connectivity index (χ0) is 26.1. The Morgan fingerprint density at radius 2 is 1.89 bits per heavy atom. The molecule has 0 spiro atoms. The van der Waals surface area contributed by atoms with E-state index in [9.17, 15) is 13.2 Å². The molecule has 0 radical (unpaired) electrons. The number of hydrogen-bond acceptors (Lipinski definition) is 5. The molecule has 0 fully saturated rings. The summed E-state index contributed by atoms with van der Waals surface area (Å²) in [6, 6.07) is 15.7. The van der Waals surface area contributed by atoms with Crippen molar-refractivity contribution in [1.82, 2.24) is 14.6 Å². The van der Waals surface area contributed by atoms with E-state index in [1.54, 1.807) is 36.5 Å². The fourth-order valence-electron chi connectivity index (χ4n) is 3.50. The van der Waals surface area contributed by atoms with Gasteiger partial charge in [0, 0.05) is 16.7 Å². The summed E-state index contributed by atoms with van der Waals surface area (Å²) in [6.07, 6.45) is 4.02. The van der Waals surface area contributed by atoms with Crippen LogP contribution < -0.4 is 10.0 Å². The number of aryl methyl sites for hydroxylation is 1. The molecule has 2 aromatic heterocycles. The van der Waals surface area contributed by atoms with Crippen molar-refractivity contribution in [2.24, 2.45) is 5.41 Å². The summed E-state index contributed by atoms with van der Waals surface area (Å²) in [5.74, 6) is 0.0917. The van der Waals surface area contributed by atoms with E-state index in [0.717, 1.165) is 16.7 Å². The van der Waals surface area contributed by atoms with Gasteiger partial charge in [0.05, 0.1) is 16.8 Å². The molecule has 0 unspecified atom stereocenters. The largest absolute Gasteiger partial charge is 0.325 e. The molecule has 4 rings (SSSR count). The van der Waals surface area contributed by atoms with Gasteiger partial charge in [-0.3, -0.25) is 9.52 Å². The summed E-state index contributed by atoms with van der Waals surface area (Å²) >= 11 is 0. The third-order valence-electron chi connectivity index (χ3n) is 5.61. The number of rotatable bonds is 7. The SMILES string of the molecule is C=CCc1cccc(S(=O)(=O)Nc2ccc3nc(-c4ccc(C)c(NC(=O)C(C)(C)C)c4)cn3n2)c1. The molecule has 0 saturated carbocycles. The van der Waals surface area contributed by atoms with E-state index < -0.39 is 15.4 Å². The van der Waals surface area contributed by atoms with E-state index in [2.05, 4.69) is 26.7 Å². The van der Waals surface area contributed by atoms with Crippen molar-refractivity contribution in [3.63, 3.8) is 0 Å². The number of hydrogen-bond donors (Lipinski definition) is 2. The lowest BCUT2D eigenvalue weighted by Crippen LogP contribution is -2.27. The Balaban J connectivity index is 1.61. The molecule has 2 heterocycles. The minimum atomic E-state index is -3.82. The number of aromatic nitrogens is 3. The van der Waals surface area contributed by atoms with Gasteiger partial charge in [-0.2, -0.15) is 0 Å². The van der Waals surface area contributed by atoms with Gasteiger partial charge >= 0.3 is 0 Å². The predicted molar refractivity (Wildman–Crippen MR) is 142 cm³/mol. The first-order valence-electron chi connectivity index (χ1n) is 11.5. The lowest BCUT2D eigenvalue weighted by molar-refractivity contribution is -0.123. The van der Waals surface area contributed by atoms with E-state index in [4.69, 9.17) is 0 Å². The fourth-order valence-corrected chi connectivity index (χ4v) is 4.57. The number of imidazole rings is 1. The number of carbonyl (C=O) groups is 1. The smallest absolute Gasteiger partial charge is 0.263 e. The van der Waals surface area contributed by atoms with E-state index in [0.29, 0.717) is 23.4 Å². The van der Waals surface area contributed by atoms with Crippen LogP contribution in [-0.4, -0.2) is 28.9 Å². The molecular formula is C27H29N5O3S. The van der Waals surface area contributed by atoms with Gasteiger partial charge in [-0.1, -0.05) is 51.1 Å². The molecule has 0 saturated heterocycles. The highest BCUT2D eigenvalue weighted by Crippen LogP contribution is 2.27. The van der Waals surface area contributed by atoms with Crippen LogP contribution in [0.5, 0.6) is 0 Å². The third-order valence-corrected chi connectivity index (χ3v) is 6.96. The number of sulfonamides is 1. The van der Waals surface area contributed by atoms with E-state index in [1.165, 1.54) is 10.6 Å². The second kappa shape index (κ2) is 9.58. The quantitative estimate of drug-likeness (QED) is 0.337. The summed E-state index contributed by atoms with van der Waals surface area (Å²) < 4.78 is 29.9. The van der Waals surface area contributed by atoms with Crippen molar-refractivity contribution in [3.8, 4) is 11.3 Å². The minimum Gasteiger partial charge on any atom is -0.325 e. The van der Waals surface area contributed by atoms with Gasteiger partial charge < -0.3 is 5.32 Å². The highest BCUT2D eigenvalue weighted by Gasteiger charge is 2.22.